The number of fused-ring (bicyclic) bond motifs is 1. The Hall–Kier alpha value is -3.06. The summed E-state index contributed by atoms with van der Waals surface area (Å²) < 4.78 is 20.6. The molecule has 0 aliphatic rings. The van der Waals surface area contributed by atoms with Crippen LogP contribution < -0.4 is 5.56 Å². The molecule has 0 radical (unpaired) electrons. The summed E-state index contributed by atoms with van der Waals surface area (Å²) in [6, 6.07) is 11.6. The molecule has 1 aromatic carbocycles. The second kappa shape index (κ2) is 6.68. The Kier molecular flexibility index (Phi) is 4.22. The molecule has 130 valence electrons. The normalized spacial score (nSPS) is 11.6. The number of rotatable bonds is 4. The van der Waals surface area contributed by atoms with E-state index in [0.29, 0.717) is 27.3 Å². The van der Waals surface area contributed by atoms with Crippen molar-refractivity contribution in [3.8, 4) is 11.3 Å². The smallest absolute Gasteiger partial charge is 0.282 e. The first-order valence-corrected chi connectivity index (χ1v) is 8.86. The zero-order valence-corrected chi connectivity index (χ0v) is 14.7. The molecular weight excluding hydrogens is 353 g/mol. The summed E-state index contributed by atoms with van der Waals surface area (Å²) in [5, 5.41) is 4.68. The van der Waals surface area contributed by atoms with Crippen LogP contribution >= 0.6 is 11.3 Å². The van der Waals surface area contributed by atoms with Gasteiger partial charge in [-0.3, -0.25) is 4.79 Å². The average Bonchev–Trinajstić information content (AvgIpc) is 3.28. The van der Waals surface area contributed by atoms with E-state index in [0.717, 1.165) is 11.3 Å². The lowest BCUT2D eigenvalue weighted by Crippen LogP contribution is -2.16. The predicted octanol–water partition coefficient (Wildman–Crippen LogP) is 4.30. The van der Waals surface area contributed by atoms with E-state index < -0.39 is 0 Å². The molecule has 0 spiro atoms. The SMILES string of the molecule is CCc1cc2c(=O)n(/N=C\c3ccc(-c4ccccc4F)o3)cnc2s1. The summed E-state index contributed by atoms with van der Waals surface area (Å²) in [6.07, 6.45) is 3.65. The quantitative estimate of drug-likeness (QED) is 0.505. The molecule has 0 N–H and O–H groups in total. The highest BCUT2D eigenvalue weighted by Gasteiger charge is 2.09. The van der Waals surface area contributed by atoms with Gasteiger partial charge in [-0.2, -0.15) is 9.78 Å². The number of aryl methyl sites for hydroxylation is 1. The van der Waals surface area contributed by atoms with Crippen LogP contribution in [0.2, 0.25) is 0 Å². The van der Waals surface area contributed by atoms with Gasteiger partial charge in [0, 0.05) is 4.88 Å². The number of hydrogen-bond acceptors (Lipinski definition) is 5. The molecule has 0 unspecified atom stereocenters. The lowest BCUT2D eigenvalue weighted by Gasteiger charge is -1.98. The van der Waals surface area contributed by atoms with E-state index in [2.05, 4.69) is 10.1 Å². The van der Waals surface area contributed by atoms with Crippen LogP contribution in [-0.2, 0) is 6.42 Å². The molecule has 0 atom stereocenters. The molecule has 0 saturated carbocycles. The van der Waals surface area contributed by atoms with Crippen LogP contribution in [-0.4, -0.2) is 15.9 Å². The molecule has 3 aromatic heterocycles. The number of halogens is 1. The molecule has 0 saturated heterocycles. The summed E-state index contributed by atoms with van der Waals surface area (Å²) >= 11 is 1.51. The van der Waals surface area contributed by atoms with Gasteiger partial charge in [-0.15, -0.1) is 11.3 Å². The maximum atomic E-state index is 13.8. The third-order valence-electron chi connectivity index (χ3n) is 3.91. The summed E-state index contributed by atoms with van der Waals surface area (Å²) in [5.41, 5.74) is 0.140. The van der Waals surface area contributed by atoms with Gasteiger partial charge in [-0.05, 0) is 36.8 Å². The highest BCUT2D eigenvalue weighted by atomic mass is 32.1. The van der Waals surface area contributed by atoms with E-state index in [4.69, 9.17) is 4.42 Å². The van der Waals surface area contributed by atoms with Crippen molar-refractivity contribution < 1.29 is 8.81 Å². The third kappa shape index (κ3) is 2.97. The number of furan rings is 1. The van der Waals surface area contributed by atoms with Crippen molar-refractivity contribution in [2.24, 2.45) is 5.10 Å². The van der Waals surface area contributed by atoms with Crippen molar-refractivity contribution in [1.82, 2.24) is 9.66 Å². The summed E-state index contributed by atoms with van der Waals surface area (Å²) in [6.45, 7) is 2.03. The maximum absolute atomic E-state index is 13.8. The fraction of sp³-hybridized carbons (Fsp3) is 0.105. The summed E-state index contributed by atoms with van der Waals surface area (Å²) in [7, 11) is 0. The van der Waals surface area contributed by atoms with Gasteiger partial charge >= 0.3 is 0 Å². The molecule has 0 fully saturated rings. The number of hydrogen-bond donors (Lipinski definition) is 0. The van der Waals surface area contributed by atoms with Crippen LogP contribution in [0.1, 0.15) is 17.6 Å². The molecule has 26 heavy (non-hydrogen) atoms. The zero-order valence-electron chi connectivity index (χ0n) is 13.8. The Labute approximate surface area is 152 Å². The molecule has 0 amide bonds. The van der Waals surface area contributed by atoms with Gasteiger partial charge in [-0.25, -0.2) is 9.37 Å². The first kappa shape index (κ1) is 16.4. The van der Waals surface area contributed by atoms with E-state index in [1.54, 1.807) is 30.3 Å². The summed E-state index contributed by atoms with van der Waals surface area (Å²) in [5.74, 6) is 0.450. The number of aromatic nitrogens is 2. The first-order chi connectivity index (χ1) is 12.7. The van der Waals surface area contributed by atoms with Gasteiger partial charge in [0.15, 0.2) is 0 Å². The minimum Gasteiger partial charge on any atom is -0.455 e. The van der Waals surface area contributed by atoms with Crippen LogP contribution in [0.4, 0.5) is 4.39 Å². The molecule has 4 aromatic rings. The van der Waals surface area contributed by atoms with E-state index in [-0.39, 0.29) is 11.4 Å². The van der Waals surface area contributed by atoms with Crippen molar-refractivity contribution in [1.29, 1.82) is 0 Å². The Morgan fingerprint density at radius 3 is 2.96 bits per heavy atom. The second-order valence-corrected chi connectivity index (χ2v) is 6.72. The lowest BCUT2D eigenvalue weighted by molar-refractivity contribution is 0.563. The topological polar surface area (TPSA) is 60.4 Å². The van der Waals surface area contributed by atoms with Crippen LogP contribution in [0.15, 0.2) is 63.1 Å². The van der Waals surface area contributed by atoms with Crippen molar-refractivity contribution in [2.45, 2.75) is 13.3 Å². The van der Waals surface area contributed by atoms with Crippen LogP contribution in [0.25, 0.3) is 21.5 Å². The van der Waals surface area contributed by atoms with E-state index >= 15 is 0 Å². The van der Waals surface area contributed by atoms with Gasteiger partial charge in [-0.1, -0.05) is 19.1 Å². The van der Waals surface area contributed by atoms with Crippen molar-refractivity contribution >= 4 is 27.8 Å². The van der Waals surface area contributed by atoms with Gasteiger partial charge in [0.05, 0.1) is 17.2 Å². The largest absolute Gasteiger partial charge is 0.455 e. The Bertz CT molecular complexity index is 1170. The fourth-order valence-corrected chi connectivity index (χ4v) is 3.49. The third-order valence-corrected chi connectivity index (χ3v) is 5.10. The van der Waals surface area contributed by atoms with Gasteiger partial charge < -0.3 is 4.42 Å². The monoisotopic (exact) mass is 367 g/mol. The second-order valence-electron chi connectivity index (χ2n) is 5.61. The van der Waals surface area contributed by atoms with E-state index in [1.807, 2.05) is 13.0 Å². The molecular formula is C19H14FN3O2S. The number of thiophene rings is 1. The molecule has 4 rings (SSSR count). The number of nitrogens with zero attached hydrogens (tertiary/aromatic N) is 3. The predicted molar refractivity (Wildman–Crippen MR) is 100 cm³/mol. The van der Waals surface area contributed by atoms with Crippen LogP contribution in [0.3, 0.4) is 0 Å². The first-order valence-electron chi connectivity index (χ1n) is 8.05. The minimum atomic E-state index is -0.361. The summed E-state index contributed by atoms with van der Waals surface area (Å²) in [4.78, 5) is 18.6. The molecule has 3 heterocycles. The fourth-order valence-electron chi connectivity index (χ4n) is 2.57. The Morgan fingerprint density at radius 1 is 1.31 bits per heavy atom. The highest BCUT2D eigenvalue weighted by Crippen LogP contribution is 2.24. The van der Waals surface area contributed by atoms with Crippen molar-refractivity contribution in [3.05, 3.63) is 75.6 Å². The maximum Gasteiger partial charge on any atom is 0.282 e. The zero-order chi connectivity index (χ0) is 18.1. The standard InChI is InChI=1S/C19H14FN3O2S/c1-2-13-9-15-18(26-13)21-11-23(19(15)24)22-10-12-7-8-17(25-12)14-5-3-4-6-16(14)20/h3-11H,2H2,1H3/b22-10-. The molecule has 7 heteroatoms. The molecule has 5 nitrogen and oxygen atoms in total. The Morgan fingerprint density at radius 2 is 2.15 bits per heavy atom. The number of benzene rings is 1. The Balaban J connectivity index is 1.65. The van der Waals surface area contributed by atoms with Crippen molar-refractivity contribution in [3.63, 3.8) is 0 Å². The highest BCUT2D eigenvalue weighted by molar-refractivity contribution is 7.18. The van der Waals surface area contributed by atoms with Gasteiger partial charge in [0.2, 0.25) is 0 Å². The van der Waals surface area contributed by atoms with E-state index in [1.165, 1.54) is 34.6 Å². The molecule has 0 aliphatic heterocycles. The van der Waals surface area contributed by atoms with Gasteiger partial charge in [0.25, 0.3) is 5.56 Å². The van der Waals surface area contributed by atoms with E-state index in [9.17, 15) is 9.18 Å². The van der Waals surface area contributed by atoms with Gasteiger partial charge in [0.1, 0.15) is 28.5 Å². The van der Waals surface area contributed by atoms with Crippen LogP contribution in [0, 0.1) is 5.82 Å². The lowest BCUT2D eigenvalue weighted by atomic mass is 10.1. The molecule has 0 aliphatic carbocycles. The average molecular weight is 367 g/mol. The minimum absolute atomic E-state index is 0.233. The molecule has 0 bridgehead atoms. The van der Waals surface area contributed by atoms with Crippen LogP contribution in [0.5, 0.6) is 0 Å². The van der Waals surface area contributed by atoms with Crippen molar-refractivity contribution in [2.75, 3.05) is 0 Å².